The third kappa shape index (κ3) is 4.78. The van der Waals surface area contributed by atoms with Gasteiger partial charge in [0, 0.05) is 18.3 Å². The van der Waals surface area contributed by atoms with Crippen molar-refractivity contribution in [2.75, 3.05) is 23.1 Å². The molecule has 0 bridgehead atoms. The Balaban J connectivity index is 2.10. The van der Waals surface area contributed by atoms with E-state index in [2.05, 4.69) is 16.0 Å². The van der Waals surface area contributed by atoms with Crippen LogP contribution in [-0.2, 0) is 4.79 Å². The van der Waals surface area contributed by atoms with Crippen molar-refractivity contribution in [1.82, 2.24) is 0 Å². The first kappa shape index (κ1) is 17.9. The van der Waals surface area contributed by atoms with Crippen molar-refractivity contribution in [2.24, 2.45) is 0 Å². The van der Waals surface area contributed by atoms with Gasteiger partial charge in [0.05, 0.1) is 22.8 Å². The lowest BCUT2D eigenvalue weighted by molar-refractivity contribution is -0.114. The number of hydrogen-bond donors (Lipinski definition) is 3. The number of urea groups is 1. The van der Waals surface area contributed by atoms with Gasteiger partial charge in [-0.2, -0.15) is 0 Å². The van der Waals surface area contributed by atoms with E-state index >= 15 is 0 Å². The van der Waals surface area contributed by atoms with E-state index in [1.807, 2.05) is 0 Å². The van der Waals surface area contributed by atoms with Crippen molar-refractivity contribution in [3.8, 4) is 5.75 Å². The van der Waals surface area contributed by atoms with Crippen LogP contribution in [0.2, 0.25) is 10.0 Å². The minimum Gasteiger partial charge on any atom is -0.495 e. The van der Waals surface area contributed by atoms with E-state index in [9.17, 15) is 9.59 Å². The summed E-state index contributed by atoms with van der Waals surface area (Å²) in [6.07, 6.45) is 0. The molecule has 0 unspecified atom stereocenters. The first-order valence-electron chi connectivity index (χ1n) is 6.87. The van der Waals surface area contributed by atoms with Gasteiger partial charge in [-0.05, 0) is 36.4 Å². The molecule has 0 aliphatic heterocycles. The van der Waals surface area contributed by atoms with Crippen LogP contribution in [0.4, 0.5) is 21.9 Å². The van der Waals surface area contributed by atoms with Crippen LogP contribution in [0.25, 0.3) is 0 Å². The number of hydrogen-bond acceptors (Lipinski definition) is 3. The smallest absolute Gasteiger partial charge is 0.323 e. The summed E-state index contributed by atoms with van der Waals surface area (Å²) in [6.45, 7) is 1.39. The largest absolute Gasteiger partial charge is 0.495 e. The van der Waals surface area contributed by atoms with Crippen LogP contribution in [0.5, 0.6) is 5.75 Å². The molecule has 2 aromatic carbocycles. The molecule has 0 aromatic heterocycles. The summed E-state index contributed by atoms with van der Waals surface area (Å²) >= 11 is 11.7. The average molecular weight is 368 g/mol. The highest BCUT2D eigenvalue weighted by atomic mass is 35.5. The molecule has 0 aliphatic rings. The second-order valence-corrected chi connectivity index (χ2v) is 5.62. The molecule has 0 radical (unpaired) electrons. The Hall–Kier alpha value is -2.44. The summed E-state index contributed by atoms with van der Waals surface area (Å²) < 4.78 is 5.16. The Bertz CT molecular complexity index is 781. The van der Waals surface area contributed by atoms with Crippen LogP contribution in [0.3, 0.4) is 0 Å². The number of rotatable bonds is 4. The van der Waals surface area contributed by atoms with Crippen LogP contribution in [-0.4, -0.2) is 19.0 Å². The van der Waals surface area contributed by atoms with Crippen LogP contribution in [0.1, 0.15) is 6.92 Å². The van der Waals surface area contributed by atoms with Crippen LogP contribution >= 0.6 is 23.2 Å². The molecule has 3 amide bonds. The molecule has 3 N–H and O–H groups in total. The second-order valence-electron chi connectivity index (χ2n) is 4.80. The molecule has 0 saturated heterocycles. The van der Waals surface area contributed by atoms with Crippen molar-refractivity contribution in [1.29, 1.82) is 0 Å². The number of amides is 3. The molecule has 6 nitrogen and oxygen atoms in total. The number of methoxy groups -OCH3 is 1. The number of carbonyl (C=O) groups is 2. The zero-order valence-corrected chi connectivity index (χ0v) is 14.5. The first-order valence-corrected chi connectivity index (χ1v) is 7.63. The van der Waals surface area contributed by atoms with E-state index in [0.717, 1.165) is 0 Å². The van der Waals surface area contributed by atoms with Crippen LogP contribution in [0, 0.1) is 0 Å². The normalized spacial score (nSPS) is 10.0. The average Bonchev–Trinajstić information content (AvgIpc) is 2.50. The number of ether oxygens (including phenoxy) is 1. The van der Waals surface area contributed by atoms with E-state index in [4.69, 9.17) is 27.9 Å². The van der Waals surface area contributed by atoms with E-state index in [-0.39, 0.29) is 5.91 Å². The topological polar surface area (TPSA) is 79.5 Å². The van der Waals surface area contributed by atoms with Gasteiger partial charge in [-0.25, -0.2) is 4.79 Å². The maximum Gasteiger partial charge on any atom is 0.323 e. The molecule has 0 spiro atoms. The lowest BCUT2D eigenvalue weighted by atomic mass is 10.2. The lowest BCUT2D eigenvalue weighted by Crippen LogP contribution is -2.19. The van der Waals surface area contributed by atoms with Gasteiger partial charge < -0.3 is 20.7 Å². The Kier molecular flexibility index (Phi) is 5.89. The number of benzene rings is 2. The lowest BCUT2D eigenvalue weighted by Gasteiger charge is -2.12. The Labute approximate surface area is 149 Å². The minimum atomic E-state index is -0.465. The fraction of sp³-hybridized carbons (Fsp3) is 0.125. The van der Waals surface area contributed by atoms with Gasteiger partial charge >= 0.3 is 6.03 Å². The summed E-state index contributed by atoms with van der Waals surface area (Å²) in [7, 11) is 1.49. The SMILES string of the molecule is COc1ccc(NC(=O)Nc2ccc(Cl)c(Cl)c2)cc1NC(C)=O. The summed E-state index contributed by atoms with van der Waals surface area (Å²) in [5, 5.41) is 8.67. The van der Waals surface area contributed by atoms with E-state index in [0.29, 0.717) is 32.9 Å². The summed E-state index contributed by atoms with van der Waals surface area (Å²) in [5.41, 5.74) is 1.44. The highest BCUT2D eigenvalue weighted by Gasteiger charge is 2.09. The van der Waals surface area contributed by atoms with Gasteiger partial charge in [0.25, 0.3) is 0 Å². The highest BCUT2D eigenvalue weighted by Crippen LogP contribution is 2.28. The van der Waals surface area contributed by atoms with Gasteiger partial charge in [0.15, 0.2) is 0 Å². The molecule has 0 fully saturated rings. The van der Waals surface area contributed by atoms with Crippen molar-refractivity contribution in [2.45, 2.75) is 6.92 Å². The van der Waals surface area contributed by atoms with Gasteiger partial charge in [-0.15, -0.1) is 0 Å². The predicted octanol–water partition coefficient (Wildman–Crippen LogP) is 4.60. The standard InChI is InChI=1S/C16H15Cl2N3O3/c1-9(22)19-14-8-11(4-6-15(14)24-2)21-16(23)20-10-3-5-12(17)13(18)7-10/h3-8H,1-2H3,(H,19,22)(H2,20,21,23). The monoisotopic (exact) mass is 367 g/mol. The van der Waals surface area contributed by atoms with E-state index in [1.165, 1.54) is 14.0 Å². The third-order valence-corrected chi connectivity index (χ3v) is 3.68. The molecule has 2 rings (SSSR count). The third-order valence-electron chi connectivity index (χ3n) is 2.95. The Morgan fingerprint density at radius 3 is 2.12 bits per heavy atom. The minimum absolute atomic E-state index is 0.245. The van der Waals surface area contributed by atoms with Gasteiger partial charge in [-0.3, -0.25) is 4.79 Å². The van der Waals surface area contributed by atoms with Gasteiger partial charge in [0.2, 0.25) is 5.91 Å². The van der Waals surface area contributed by atoms with Gasteiger partial charge in [-0.1, -0.05) is 23.2 Å². The summed E-state index contributed by atoms with van der Waals surface area (Å²) in [5.74, 6) is 0.242. The quantitative estimate of drug-likeness (QED) is 0.738. The first-order chi connectivity index (χ1) is 11.4. The van der Waals surface area contributed by atoms with Crippen LogP contribution < -0.4 is 20.7 Å². The fourth-order valence-corrected chi connectivity index (χ4v) is 2.24. The van der Waals surface area contributed by atoms with E-state index in [1.54, 1.807) is 36.4 Å². The van der Waals surface area contributed by atoms with Crippen molar-refractivity contribution in [3.63, 3.8) is 0 Å². The van der Waals surface area contributed by atoms with Crippen molar-refractivity contribution in [3.05, 3.63) is 46.4 Å². The fourth-order valence-electron chi connectivity index (χ4n) is 1.94. The molecule has 0 atom stereocenters. The number of nitrogens with one attached hydrogen (secondary N) is 3. The number of anilines is 3. The number of carbonyl (C=O) groups excluding carboxylic acids is 2. The molecule has 24 heavy (non-hydrogen) atoms. The zero-order chi connectivity index (χ0) is 17.7. The van der Waals surface area contributed by atoms with Crippen LogP contribution in [0.15, 0.2) is 36.4 Å². The predicted molar refractivity (Wildman–Crippen MR) is 96.4 cm³/mol. The molecular weight excluding hydrogens is 353 g/mol. The molecule has 0 heterocycles. The Morgan fingerprint density at radius 2 is 1.54 bits per heavy atom. The zero-order valence-electron chi connectivity index (χ0n) is 12.9. The highest BCUT2D eigenvalue weighted by molar-refractivity contribution is 6.42. The summed E-state index contributed by atoms with van der Waals surface area (Å²) in [4.78, 5) is 23.3. The maximum atomic E-state index is 12.0. The molecular formula is C16H15Cl2N3O3. The maximum absolute atomic E-state index is 12.0. The van der Waals surface area contributed by atoms with Crippen molar-refractivity contribution < 1.29 is 14.3 Å². The second kappa shape index (κ2) is 7.90. The van der Waals surface area contributed by atoms with Gasteiger partial charge in [0.1, 0.15) is 5.75 Å². The molecule has 2 aromatic rings. The molecule has 0 saturated carbocycles. The molecule has 126 valence electrons. The number of halogens is 2. The van der Waals surface area contributed by atoms with E-state index < -0.39 is 6.03 Å². The van der Waals surface area contributed by atoms with Crippen molar-refractivity contribution >= 4 is 52.2 Å². The molecule has 8 heteroatoms. The Morgan fingerprint density at radius 1 is 0.917 bits per heavy atom. The molecule has 0 aliphatic carbocycles. The summed E-state index contributed by atoms with van der Waals surface area (Å²) in [6, 6.07) is 9.17.